The molecular weight excluding hydrogens is 394 g/mol. The molecule has 0 radical (unpaired) electrons. The van der Waals surface area contributed by atoms with Crippen LogP contribution in [0.1, 0.15) is 38.5 Å². The molecule has 0 N–H and O–H groups in total. The number of thioether (sulfide) groups is 1. The highest BCUT2D eigenvalue weighted by Crippen LogP contribution is 2.22. The normalized spacial score (nSPS) is 20.4. The zero-order chi connectivity index (χ0) is 20.8. The molecule has 3 rings (SSSR count). The Morgan fingerprint density at radius 1 is 1.24 bits per heavy atom. The van der Waals surface area contributed by atoms with E-state index in [-0.39, 0.29) is 36.4 Å². The summed E-state index contributed by atoms with van der Waals surface area (Å²) < 4.78 is 5.61. The molecule has 3 heterocycles. The van der Waals surface area contributed by atoms with Crippen molar-refractivity contribution in [3.63, 3.8) is 0 Å². The zero-order valence-corrected chi connectivity index (χ0v) is 17.3. The van der Waals surface area contributed by atoms with Gasteiger partial charge in [-0.05, 0) is 19.8 Å². The minimum absolute atomic E-state index is 0.0701. The first kappa shape index (κ1) is 21.2. The maximum absolute atomic E-state index is 12.6. The third-order valence-electron chi connectivity index (χ3n) is 4.99. The molecular formula is C19H25N5O4S. The molecule has 9 nitrogen and oxygen atoms in total. The fourth-order valence-corrected chi connectivity index (χ4v) is 4.05. The van der Waals surface area contributed by atoms with Crippen molar-refractivity contribution in [3.8, 4) is 0 Å². The predicted octanol–water partition coefficient (Wildman–Crippen LogP) is 2.33. The summed E-state index contributed by atoms with van der Waals surface area (Å²) in [6.45, 7) is 6.91. The fraction of sp³-hybridized carbons (Fsp3) is 0.579. The van der Waals surface area contributed by atoms with E-state index < -0.39 is 11.9 Å². The Balaban J connectivity index is 1.57. The first-order valence-corrected chi connectivity index (χ1v) is 10.7. The van der Waals surface area contributed by atoms with Crippen LogP contribution in [-0.2, 0) is 16.0 Å². The first-order valence-electron chi connectivity index (χ1n) is 9.74. The van der Waals surface area contributed by atoms with E-state index in [2.05, 4.69) is 21.8 Å². The molecule has 2 aliphatic rings. The number of nitrogens with zero attached hydrogens (tertiary/aromatic N) is 5. The van der Waals surface area contributed by atoms with Crippen LogP contribution < -0.4 is 0 Å². The summed E-state index contributed by atoms with van der Waals surface area (Å²) in [5.74, 6) is -0.404. The highest BCUT2D eigenvalue weighted by Gasteiger charge is 2.36. The van der Waals surface area contributed by atoms with Crippen LogP contribution in [0, 0.1) is 5.92 Å². The molecule has 1 fully saturated rings. The van der Waals surface area contributed by atoms with Gasteiger partial charge in [-0.1, -0.05) is 30.7 Å². The molecule has 2 aliphatic heterocycles. The molecule has 1 aromatic rings. The van der Waals surface area contributed by atoms with E-state index in [4.69, 9.17) is 4.42 Å². The third-order valence-corrected chi connectivity index (χ3v) is 5.79. The van der Waals surface area contributed by atoms with Crippen LogP contribution in [0.4, 0.5) is 4.79 Å². The lowest BCUT2D eigenvalue weighted by Crippen LogP contribution is -2.46. The number of carbonyl (C=O) groups excluding carboxylic acids is 3. The van der Waals surface area contributed by atoms with Crippen molar-refractivity contribution < 1.29 is 18.8 Å². The molecule has 4 amide bonds. The maximum atomic E-state index is 12.6. The highest BCUT2D eigenvalue weighted by atomic mass is 32.2. The SMILES string of the molecule is C=CCN1C(=O)N=C(C)C(Cc2nnc(SCC(=O)N3CCCCCC3)o2)C1=O. The van der Waals surface area contributed by atoms with Crippen molar-refractivity contribution in [2.75, 3.05) is 25.4 Å². The minimum Gasteiger partial charge on any atom is -0.416 e. The van der Waals surface area contributed by atoms with Gasteiger partial charge in [-0.2, -0.15) is 0 Å². The minimum atomic E-state index is -0.635. The van der Waals surface area contributed by atoms with Gasteiger partial charge < -0.3 is 9.32 Å². The van der Waals surface area contributed by atoms with E-state index in [1.165, 1.54) is 30.7 Å². The van der Waals surface area contributed by atoms with Gasteiger partial charge in [0.25, 0.3) is 5.22 Å². The molecule has 1 saturated heterocycles. The summed E-state index contributed by atoms with van der Waals surface area (Å²) in [6, 6.07) is -0.586. The van der Waals surface area contributed by atoms with E-state index in [1.807, 2.05) is 4.90 Å². The van der Waals surface area contributed by atoms with Crippen molar-refractivity contribution in [3.05, 3.63) is 18.5 Å². The molecule has 156 valence electrons. The number of aromatic nitrogens is 2. The molecule has 0 aromatic carbocycles. The second-order valence-corrected chi connectivity index (χ2v) is 8.00. The van der Waals surface area contributed by atoms with Gasteiger partial charge in [0.1, 0.15) is 0 Å². The molecule has 0 saturated carbocycles. The van der Waals surface area contributed by atoms with Crippen molar-refractivity contribution in [2.45, 2.75) is 44.3 Å². The van der Waals surface area contributed by atoms with Gasteiger partial charge in [-0.25, -0.2) is 9.79 Å². The quantitative estimate of drug-likeness (QED) is 0.493. The van der Waals surface area contributed by atoms with E-state index >= 15 is 0 Å². The summed E-state index contributed by atoms with van der Waals surface area (Å²) in [7, 11) is 0. The van der Waals surface area contributed by atoms with Crippen LogP contribution in [0.25, 0.3) is 0 Å². The van der Waals surface area contributed by atoms with E-state index in [0.717, 1.165) is 30.8 Å². The summed E-state index contributed by atoms with van der Waals surface area (Å²) in [5, 5.41) is 8.24. The summed E-state index contributed by atoms with van der Waals surface area (Å²) in [6.07, 6.45) is 6.06. The molecule has 0 aliphatic carbocycles. The number of likely N-dealkylation sites (tertiary alicyclic amines) is 1. The summed E-state index contributed by atoms with van der Waals surface area (Å²) >= 11 is 1.20. The lowest BCUT2D eigenvalue weighted by atomic mass is 9.97. The monoisotopic (exact) mass is 419 g/mol. The van der Waals surface area contributed by atoms with Crippen LogP contribution in [0.3, 0.4) is 0 Å². The van der Waals surface area contributed by atoms with Crippen molar-refractivity contribution in [1.29, 1.82) is 0 Å². The van der Waals surface area contributed by atoms with Gasteiger partial charge in [-0.3, -0.25) is 14.5 Å². The van der Waals surface area contributed by atoms with Gasteiger partial charge >= 0.3 is 6.03 Å². The molecule has 1 aromatic heterocycles. The summed E-state index contributed by atoms with van der Waals surface area (Å²) in [5.41, 5.74) is 0.420. The van der Waals surface area contributed by atoms with Crippen LogP contribution >= 0.6 is 11.8 Å². The number of carbonyl (C=O) groups is 3. The Kier molecular flexibility index (Phi) is 7.18. The maximum Gasteiger partial charge on any atom is 0.350 e. The average Bonchev–Trinajstić information content (AvgIpc) is 2.96. The van der Waals surface area contributed by atoms with Gasteiger partial charge in [0.15, 0.2) is 0 Å². The van der Waals surface area contributed by atoms with Crippen LogP contribution in [0.15, 0.2) is 27.3 Å². The third kappa shape index (κ3) is 5.31. The molecule has 0 bridgehead atoms. The molecule has 29 heavy (non-hydrogen) atoms. The average molecular weight is 420 g/mol. The van der Waals surface area contributed by atoms with E-state index in [0.29, 0.717) is 10.9 Å². The van der Waals surface area contributed by atoms with Crippen LogP contribution in [-0.4, -0.2) is 68.9 Å². The fourth-order valence-electron chi connectivity index (χ4n) is 3.37. The number of urea groups is 1. The zero-order valence-electron chi connectivity index (χ0n) is 16.5. The number of rotatable bonds is 7. The number of hydrogen-bond acceptors (Lipinski definition) is 7. The summed E-state index contributed by atoms with van der Waals surface area (Å²) in [4.78, 5) is 43.7. The Bertz CT molecular complexity index is 813. The van der Waals surface area contributed by atoms with E-state index in [1.54, 1.807) is 6.92 Å². The van der Waals surface area contributed by atoms with Crippen LogP contribution in [0.2, 0.25) is 0 Å². The smallest absolute Gasteiger partial charge is 0.350 e. The molecule has 0 spiro atoms. The Morgan fingerprint density at radius 2 is 1.97 bits per heavy atom. The van der Waals surface area contributed by atoms with Crippen molar-refractivity contribution >= 4 is 35.3 Å². The second-order valence-electron chi connectivity index (χ2n) is 7.08. The van der Waals surface area contributed by atoms with Crippen molar-refractivity contribution in [1.82, 2.24) is 20.0 Å². The highest BCUT2D eigenvalue weighted by molar-refractivity contribution is 7.99. The Hall–Kier alpha value is -2.49. The van der Waals surface area contributed by atoms with Gasteiger partial charge in [0.2, 0.25) is 17.7 Å². The number of amides is 4. The van der Waals surface area contributed by atoms with Gasteiger partial charge in [-0.15, -0.1) is 16.8 Å². The molecule has 10 heteroatoms. The van der Waals surface area contributed by atoms with Gasteiger partial charge in [0.05, 0.1) is 11.7 Å². The second kappa shape index (κ2) is 9.82. The van der Waals surface area contributed by atoms with E-state index in [9.17, 15) is 14.4 Å². The Morgan fingerprint density at radius 3 is 2.66 bits per heavy atom. The lowest BCUT2D eigenvalue weighted by Gasteiger charge is -2.27. The standard InChI is InChI=1S/C19H25N5O4S/c1-3-8-24-17(26)14(13(2)20-18(24)27)11-15-21-22-19(28-15)29-12-16(25)23-9-6-4-5-7-10-23/h3,14H,1,4-12H2,2H3. The topological polar surface area (TPSA) is 109 Å². The predicted molar refractivity (Wildman–Crippen MR) is 108 cm³/mol. The van der Waals surface area contributed by atoms with Crippen LogP contribution in [0.5, 0.6) is 0 Å². The van der Waals surface area contributed by atoms with Gasteiger partial charge in [0, 0.05) is 31.8 Å². The Labute approximate surface area is 173 Å². The first-order chi connectivity index (χ1) is 14.0. The molecule has 1 atom stereocenters. The van der Waals surface area contributed by atoms with Crippen molar-refractivity contribution in [2.24, 2.45) is 10.9 Å². The largest absolute Gasteiger partial charge is 0.416 e. The number of imide groups is 1. The number of hydrogen-bond donors (Lipinski definition) is 0. The lowest BCUT2D eigenvalue weighted by molar-refractivity contribution is -0.130. The molecule has 1 unspecified atom stereocenters. The number of aliphatic imine (C=N–C) groups is 1.